The number of aliphatic hydroxyl groups is 1. The van der Waals surface area contributed by atoms with Crippen LogP contribution in [0.25, 0.3) is 0 Å². The van der Waals surface area contributed by atoms with Crippen LogP contribution in [0.3, 0.4) is 0 Å². The normalized spacial score (nSPS) is 14.4. The van der Waals surface area contributed by atoms with E-state index in [2.05, 4.69) is 31.3 Å². The number of rotatable bonds is 45. The van der Waals surface area contributed by atoms with E-state index >= 15 is 0 Å². The molecule has 8 nitrogen and oxygen atoms in total. The van der Waals surface area contributed by atoms with Gasteiger partial charge in [0.25, 0.3) is 0 Å². The Morgan fingerprint density at radius 1 is 0.569 bits per heavy atom. The van der Waals surface area contributed by atoms with Crippen LogP contribution in [0.1, 0.15) is 232 Å². The molecule has 0 radical (unpaired) electrons. The summed E-state index contributed by atoms with van der Waals surface area (Å²) >= 11 is 0. The number of carbonyl (C=O) groups excluding carboxylic acids is 1. The highest BCUT2D eigenvalue weighted by Gasteiger charge is 2.27. The topological polar surface area (TPSA) is 105 Å². The molecule has 0 saturated carbocycles. The molecule has 0 aliphatic heterocycles. The molecule has 0 saturated heterocycles. The highest BCUT2D eigenvalue weighted by Crippen LogP contribution is 2.43. The average molecular weight is 842 g/mol. The predicted octanol–water partition coefficient (Wildman–Crippen LogP) is 14.1. The van der Waals surface area contributed by atoms with Gasteiger partial charge in [-0.25, -0.2) is 4.57 Å². The average Bonchev–Trinajstić information content (AvgIpc) is 3.17. The van der Waals surface area contributed by atoms with E-state index in [9.17, 15) is 19.4 Å². The molecule has 0 spiro atoms. The molecule has 0 aromatic rings. The highest BCUT2D eigenvalue weighted by molar-refractivity contribution is 7.47. The molecule has 9 heteroatoms. The third kappa shape index (κ3) is 43.1. The molecule has 58 heavy (non-hydrogen) atoms. The number of amides is 1. The van der Waals surface area contributed by atoms with Crippen molar-refractivity contribution >= 4 is 13.7 Å². The maximum Gasteiger partial charge on any atom is 0.472 e. The van der Waals surface area contributed by atoms with Crippen LogP contribution in [0.15, 0.2) is 24.3 Å². The van der Waals surface area contributed by atoms with Crippen molar-refractivity contribution in [3.05, 3.63) is 24.3 Å². The minimum absolute atomic E-state index is 0.0629. The molecule has 3 atom stereocenters. The van der Waals surface area contributed by atoms with E-state index in [1.807, 2.05) is 27.2 Å². The standard InChI is InChI=1S/C49H97N2O6P/c1-6-8-10-12-14-16-17-18-19-20-21-22-23-24-25-26-27-28-29-30-31-32-33-35-37-39-41-43-49(53)50-47(46-57-58(54,55)56-45-44-51(3,4)5)48(52)42-40-38-36-34-15-13-11-9-7-2/h20-21,40,42,47-48,52H,6-19,22-39,41,43-46H2,1-5H3,(H-,50,53,54,55)/p+1/b21-20-,42-40+. The summed E-state index contributed by atoms with van der Waals surface area (Å²) in [5, 5.41) is 13.8. The molecule has 3 unspecified atom stereocenters. The Morgan fingerprint density at radius 3 is 1.33 bits per heavy atom. The first-order valence-corrected chi connectivity index (χ1v) is 26.2. The molecule has 3 N–H and O–H groups in total. The van der Waals surface area contributed by atoms with Gasteiger partial charge in [0, 0.05) is 6.42 Å². The third-order valence-corrected chi connectivity index (χ3v) is 12.1. The molecule has 0 heterocycles. The van der Waals surface area contributed by atoms with Crippen LogP contribution in [0, 0.1) is 0 Å². The SMILES string of the molecule is CCCCCCCCC/C=C/C(O)C(COP(=O)(O)OCC[N+](C)(C)C)NC(=O)CCCCCCCCCCCCCCCCC/C=C\CCCCCCCCCC. The quantitative estimate of drug-likeness (QED) is 0.0244. The van der Waals surface area contributed by atoms with Gasteiger partial charge in [-0.15, -0.1) is 0 Å². The van der Waals surface area contributed by atoms with E-state index in [-0.39, 0.29) is 19.1 Å². The summed E-state index contributed by atoms with van der Waals surface area (Å²) in [5.74, 6) is -0.177. The lowest BCUT2D eigenvalue weighted by atomic mass is 10.0. The van der Waals surface area contributed by atoms with Gasteiger partial charge in [-0.2, -0.15) is 0 Å². The number of nitrogens with zero attached hydrogens (tertiary/aromatic N) is 1. The number of aliphatic hydroxyl groups excluding tert-OH is 1. The van der Waals surface area contributed by atoms with Crippen molar-refractivity contribution in [3.63, 3.8) is 0 Å². The maximum absolute atomic E-state index is 12.9. The summed E-state index contributed by atoms with van der Waals surface area (Å²) in [6.45, 7) is 4.79. The van der Waals surface area contributed by atoms with E-state index in [1.54, 1.807) is 6.08 Å². The minimum Gasteiger partial charge on any atom is -0.387 e. The zero-order valence-electron chi connectivity index (χ0n) is 39.0. The zero-order valence-corrected chi connectivity index (χ0v) is 39.9. The fraction of sp³-hybridized carbons (Fsp3) is 0.898. The van der Waals surface area contributed by atoms with Crippen LogP contribution in [0.2, 0.25) is 0 Å². The molecule has 0 aromatic heterocycles. The monoisotopic (exact) mass is 842 g/mol. The Hall–Kier alpha value is -1.02. The number of hydrogen-bond donors (Lipinski definition) is 3. The second-order valence-corrected chi connectivity index (χ2v) is 19.6. The van der Waals surface area contributed by atoms with Crippen LogP contribution in [0.4, 0.5) is 0 Å². The van der Waals surface area contributed by atoms with Crippen molar-refractivity contribution in [2.24, 2.45) is 0 Å². The van der Waals surface area contributed by atoms with Gasteiger partial charge in [0.2, 0.25) is 5.91 Å². The van der Waals surface area contributed by atoms with Crippen molar-refractivity contribution < 1.29 is 32.9 Å². The number of phosphoric acid groups is 1. The van der Waals surface area contributed by atoms with E-state index < -0.39 is 20.0 Å². The number of hydrogen-bond acceptors (Lipinski definition) is 5. The van der Waals surface area contributed by atoms with Gasteiger partial charge in [-0.05, 0) is 44.9 Å². The fourth-order valence-corrected chi connectivity index (χ4v) is 7.95. The lowest BCUT2D eigenvalue weighted by molar-refractivity contribution is -0.870. The van der Waals surface area contributed by atoms with Crippen molar-refractivity contribution in [2.75, 3.05) is 40.9 Å². The Labute approximate surface area is 360 Å². The lowest BCUT2D eigenvalue weighted by Crippen LogP contribution is -2.45. The smallest absolute Gasteiger partial charge is 0.387 e. The second kappa shape index (κ2) is 41.3. The van der Waals surface area contributed by atoms with E-state index in [0.29, 0.717) is 17.4 Å². The number of likely N-dealkylation sites (N-methyl/N-ethyl adjacent to an activating group) is 1. The van der Waals surface area contributed by atoms with Crippen molar-refractivity contribution in [1.82, 2.24) is 5.32 Å². The highest BCUT2D eigenvalue weighted by atomic mass is 31.2. The molecule has 1 amide bonds. The Bertz CT molecular complexity index is 1000. The Balaban J connectivity index is 4.05. The molecule has 0 fully saturated rings. The summed E-state index contributed by atoms with van der Waals surface area (Å²) in [6.07, 6.45) is 49.9. The van der Waals surface area contributed by atoms with Gasteiger partial charge in [-0.3, -0.25) is 13.8 Å². The summed E-state index contributed by atoms with van der Waals surface area (Å²) in [7, 11) is 1.58. The number of unbranched alkanes of at least 4 members (excludes halogenated alkanes) is 30. The molecule has 344 valence electrons. The molecular formula is C49H98N2O6P+. The molecule has 0 aliphatic rings. The van der Waals surface area contributed by atoms with Crippen LogP contribution in [0.5, 0.6) is 0 Å². The van der Waals surface area contributed by atoms with E-state index in [4.69, 9.17) is 9.05 Å². The number of allylic oxidation sites excluding steroid dienone is 3. The van der Waals surface area contributed by atoms with E-state index in [0.717, 1.165) is 38.5 Å². The summed E-state index contributed by atoms with van der Waals surface area (Å²) < 4.78 is 23.5. The van der Waals surface area contributed by atoms with Crippen molar-refractivity contribution in [2.45, 2.75) is 244 Å². The number of carbonyl (C=O) groups is 1. The second-order valence-electron chi connectivity index (χ2n) is 18.2. The zero-order chi connectivity index (χ0) is 42.8. The Morgan fingerprint density at radius 2 is 0.931 bits per heavy atom. The van der Waals surface area contributed by atoms with Crippen LogP contribution in [-0.2, 0) is 18.4 Å². The first kappa shape index (κ1) is 57.0. The largest absolute Gasteiger partial charge is 0.472 e. The Kier molecular flexibility index (Phi) is 40.6. The van der Waals surface area contributed by atoms with Gasteiger partial charge >= 0.3 is 7.82 Å². The van der Waals surface area contributed by atoms with Gasteiger partial charge < -0.3 is 19.8 Å². The lowest BCUT2D eigenvalue weighted by Gasteiger charge is -2.25. The predicted molar refractivity (Wildman–Crippen MR) is 249 cm³/mol. The minimum atomic E-state index is -4.33. The van der Waals surface area contributed by atoms with Gasteiger partial charge in [0.15, 0.2) is 0 Å². The van der Waals surface area contributed by atoms with E-state index in [1.165, 1.54) is 173 Å². The van der Waals surface area contributed by atoms with Crippen LogP contribution < -0.4 is 5.32 Å². The van der Waals surface area contributed by atoms with Crippen molar-refractivity contribution in [1.29, 1.82) is 0 Å². The molecule has 0 aromatic carbocycles. The summed E-state index contributed by atoms with van der Waals surface area (Å²) in [4.78, 5) is 23.1. The van der Waals surface area contributed by atoms with Gasteiger partial charge in [0.1, 0.15) is 13.2 Å². The third-order valence-electron chi connectivity index (χ3n) is 11.2. The van der Waals surface area contributed by atoms with Crippen LogP contribution >= 0.6 is 7.82 Å². The van der Waals surface area contributed by atoms with Gasteiger partial charge in [-0.1, -0.05) is 205 Å². The number of nitrogens with one attached hydrogen (secondary N) is 1. The molecular weight excluding hydrogens is 744 g/mol. The molecule has 0 aliphatic carbocycles. The molecule has 0 bridgehead atoms. The number of quaternary nitrogens is 1. The number of phosphoric ester groups is 1. The molecule has 0 rings (SSSR count). The first-order valence-electron chi connectivity index (χ1n) is 24.7. The van der Waals surface area contributed by atoms with Crippen molar-refractivity contribution in [3.8, 4) is 0 Å². The first-order chi connectivity index (χ1) is 28.0. The summed E-state index contributed by atoms with van der Waals surface area (Å²) in [6, 6.07) is -0.841. The van der Waals surface area contributed by atoms with Crippen LogP contribution in [-0.4, -0.2) is 73.4 Å². The fourth-order valence-electron chi connectivity index (χ4n) is 7.21. The maximum atomic E-state index is 12.9. The van der Waals surface area contributed by atoms with Gasteiger partial charge in [0.05, 0.1) is 39.9 Å². The summed E-state index contributed by atoms with van der Waals surface area (Å²) in [5.41, 5.74) is 0.